The molecule has 2 fully saturated rings. The predicted molar refractivity (Wildman–Crippen MR) is 92.1 cm³/mol. The van der Waals surface area contributed by atoms with Crippen molar-refractivity contribution in [3.05, 3.63) is 0 Å². The second-order valence-corrected chi connectivity index (χ2v) is 7.26. The first-order valence-electron chi connectivity index (χ1n) is 9.27. The van der Waals surface area contributed by atoms with Gasteiger partial charge in [0.2, 0.25) is 17.7 Å². The third kappa shape index (κ3) is 4.71. The molecule has 2 aliphatic rings. The number of hydrogen-bond acceptors (Lipinski definition) is 3. The zero-order chi connectivity index (χ0) is 17.7. The standard InChI is InChI=1S/C18H31N3O3/c1-4-12(5-2)8-17(23)21(3)15-10-14(11-15)20-18(24)13-6-7-19-16(22)9-13/h12-15H,4-11H2,1-3H3,(H,19,22)(H,20,24). The van der Waals surface area contributed by atoms with E-state index in [0.29, 0.717) is 25.3 Å². The molecule has 6 nitrogen and oxygen atoms in total. The molecule has 3 amide bonds. The minimum absolute atomic E-state index is 0.0145. The van der Waals surface area contributed by atoms with Crippen LogP contribution < -0.4 is 10.6 Å². The van der Waals surface area contributed by atoms with Crippen LogP contribution in [0.1, 0.15) is 58.8 Å². The van der Waals surface area contributed by atoms with E-state index in [1.165, 1.54) is 0 Å². The van der Waals surface area contributed by atoms with Gasteiger partial charge in [0.1, 0.15) is 0 Å². The molecule has 136 valence electrons. The molecule has 2 rings (SSSR count). The molecule has 6 heteroatoms. The highest BCUT2D eigenvalue weighted by atomic mass is 16.2. The summed E-state index contributed by atoms with van der Waals surface area (Å²) in [4.78, 5) is 37.7. The molecule has 2 N–H and O–H groups in total. The van der Waals surface area contributed by atoms with Crippen LogP contribution in [0.5, 0.6) is 0 Å². The van der Waals surface area contributed by atoms with Crippen LogP contribution in [-0.2, 0) is 14.4 Å². The highest BCUT2D eigenvalue weighted by Crippen LogP contribution is 2.27. The van der Waals surface area contributed by atoms with Gasteiger partial charge in [-0.25, -0.2) is 0 Å². The van der Waals surface area contributed by atoms with Crippen molar-refractivity contribution < 1.29 is 14.4 Å². The highest BCUT2D eigenvalue weighted by Gasteiger charge is 2.36. The molecule has 0 spiro atoms. The van der Waals surface area contributed by atoms with E-state index in [-0.39, 0.29) is 42.1 Å². The van der Waals surface area contributed by atoms with Gasteiger partial charge in [-0.15, -0.1) is 0 Å². The van der Waals surface area contributed by atoms with Crippen molar-refractivity contribution >= 4 is 17.7 Å². The Bertz CT molecular complexity index is 470. The lowest BCUT2D eigenvalue weighted by Crippen LogP contribution is -2.55. The summed E-state index contributed by atoms with van der Waals surface area (Å²) in [5.41, 5.74) is 0. The second-order valence-electron chi connectivity index (χ2n) is 7.26. The van der Waals surface area contributed by atoms with Crippen molar-refractivity contribution in [2.24, 2.45) is 11.8 Å². The van der Waals surface area contributed by atoms with E-state index >= 15 is 0 Å². The van der Waals surface area contributed by atoms with Gasteiger partial charge in [0.15, 0.2) is 0 Å². The lowest BCUT2D eigenvalue weighted by molar-refractivity contribution is -0.136. The summed E-state index contributed by atoms with van der Waals surface area (Å²) in [6.45, 7) is 4.83. The fourth-order valence-corrected chi connectivity index (χ4v) is 3.52. The topological polar surface area (TPSA) is 78.5 Å². The minimum Gasteiger partial charge on any atom is -0.356 e. The monoisotopic (exact) mass is 337 g/mol. The Balaban J connectivity index is 1.71. The smallest absolute Gasteiger partial charge is 0.223 e. The molecule has 1 aliphatic carbocycles. The van der Waals surface area contributed by atoms with E-state index < -0.39 is 0 Å². The van der Waals surface area contributed by atoms with Crippen molar-refractivity contribution in [1.82, 2.24) is 15.5 Å². The fourth-order valence-electron chi connectivity index (χ4n) is 3.52. The summed E-state index contributed by atoms with van der Waals surface area (Å²) in [7, 11) is 1.87. The Hall–Kier alpha value is -1.59. The number of carbonyl (C=O) groups excluding carboxylic acids is 3. The van der Waals surface area contributed by atoms with Crippen molar-refractivity contribution in [2.45, 2.75) is 70.9 Å². The lowest BCUT2D eigenvalue weighted by Gasteiger charge is -2.42. The van der Waals surface area contributed by atoms with Crippen molar-refractivity contribution in [1.29, 1.82) is 0 Å². The van der Waals surface area contributed by atoms with Gasteiger partial charge in [0.25, 0.3) is 0 Å². The van der Waals surface area contributed by atoms with Gasteiger partial charge in [-0.05, 0) is 25.2 Å². The van der Waals surface area contributed by atoms with Crippen LogP contribution in [0.2, 0.25) is 0 Å². The van der Waals surface area contributed by atoms with E-state index in [0.717, 1.165) is 25.7 Å². The Morgan fingerprint density at radius 1 is 1.29 bits per heavy atom. The molecule has 0 radical (unpaired) electrons. The average molecular weight is 337 g/mol. The van der Waals surface area contributed by atoms with Crippen molar-refractivity contribution in [3.63, 3.8) is 0 Å². The molecule has 1 atom stereocenters. The SMILES string of the molecule is CCC(CC)CC(=O)N(C)C1CC(NC(=O)C2CCNC(=O)C2)C1. The Morgan fingerprint density at radius 3 is 2.54 bits per heavy atom. The first-order chi connectivity index (χ1) is 11.4. The maximum atomic E-state index is 12.3. The van der Waals surface area contributed by atoms with E-state index in [9.17, 15) is 14.4 Å². The van der Waals surface area contributed by atoms with Gasteiger partial charge in [-0.3, -0.25) is 14.4 Å². The predicted octanol–water partition coefficient (Wildman–Crippen LogP) is 1.44. The van der Waals surface area contributed by atoms with Gasteiger partial charge in [0.05, 0.1) is 0 Å². The summed E-state index contributed by atoms with van der Waals surface area (Å²) < 4.78 is 0. The zero-order valence-electron chi connectivity index (χ0n) is 15.1. The quantitative estimate of drug-likeness (QED) is 0.738. The average Bonchev–Trinajstić information content (AvgIpc) is 2.54. The number of piperidine rings is 1. The largest absolute Gasteiger partial charge is 0.356 e. The number of rotatable bonds is 7. The van der Waals surface area contributed by atoms with Crippen LogP contribution in [0.25, 0.3) is 0 Å². The maximum Gasteiger partial charge on any atom is 0.223 e. The second kappa shape index (κ2) is 8.49. The van der Waals surface area contributed by atoms with Gasteiger partial charge in [-0.2, -0.15) is 0 Å². The Labute approximate surface area is 144 Å². The number of amides is 3. The number of nitrogens with zero attached hydrogens (tertiary/aromatic N) is 1. The summed E-state index contributed by atoms with van der Waals surface area (Å²) >= 11 is 0. The highest BCUT2D eigenvalue weighted by molar-refractivity contribution is 5.87. The van der Waals surface area contributed by atoms with Crippen LogP contribution >= 0.6 is 0 Å². The molecule has 0 aromatic carbocycles. The number of nitrogens with one attached hydrogen (secondary N) is 2. The number of hydrogen-bond donors (Lipinski definition) is 2. The molecule has 24 heavy (non-hydrogen) atoms. The van der Waals surface area contributed by atoms with Crippen LogP contribution in [0.4, 0.5) is 0 Å². The summed E-state index contributed by atoms with van der Waals surface area (Å²) in [6, 6.07) is 0.364. The Kier molecular flexibility index (Phi) is 6.63. The van der Waals surface area contributed by atoms with Crippen molar-refractivity contribution in [2.75, 3.05) is 13.6 Å². The van der Waals surface area contributed by atoms with Gasteiger partial charge < -0.3 is 15.5 Å². The lowest BCUT2D eigenvalue weighted by atomic mass is 9.84. The molecule has 1 saturated heterocycles. The summed E-state index contributed by atoms with van der Waals surface area (Å²) in [6.07, 6.45) is 5.32. The molecule has 1 heterocycles. The third-order valence-electron chi connectivity index (χ3n) is 5.64. The molecule has 1 saturated carbocycles. The normalized spacial score (nSPS) is 26.5. The van der Waals surface area contributed by atoms with Crippen LogP contribution in [0.3, 0.4) is 0 Å². The molecule has 1 aliphatic heterocycles. The molecular weight excluding hydrogens is 306 g/mol. The fraction of sp³-hybridized carbons (Fsp3) is 0.833. The third-order valence-corrected chi connectivity index (χ3v) is 5.64. The zero-order valence-corrected chi connectivity index (χ0v) is 15.1. The first-order valence-corrected chi connectivity index (χ1v) is 9.27. The Morgan fingerprint density at radius 2 is 1.96 bits per heavy atom. The molecule has 0 aromatic heterocycles. The summed E-state index contributed by atoms with van der Waals surface area (Å²) in [5, 5.41) is 5.78. The molecule has 0 aromatic rings. The van der Waals surface area contributed by atoms with Crippen LogP contribution in [-0.4, -0.2) is 48.3 Å². The summed E-state index contributed by atoms with van der Waals surface area (Å²) in [5.74, 6) is 0.418. The van der Waals surface area contributed by atoms with E-state index in [1.807, 2.05) is 11.9 Å². The van der Waals surface area contributed by atoms with Gasteiger partial charge >= 0.3 is 0 Å². The molecule has 1 unspecified atom stereocenters. The van der Waals surface area contributed by atoms with E-state index in [2.05, 4.69) is 24.5 Å². The van der Waals surface area contributed by atoms with E-state index in [1.54, 1.807) is 0 Å². The van der Waals surface area contributed by atoms with E-state index in [4.69, 9.17) is 0 Å². The maximum absolute atomic E-state index is 12.3. The van der Waals surface area contributed by atoms with Crippen LogP contribution in [0.15, 0.2) is 0 Å². The molecular formula is C18H31N3O3. The van der Waals surface area contributed by atoms with Crippen molar-refractivity contribution in [3.8, 4) is 0 Å². The molecule has 0 bridgehead atoms. The minimum atomic E-state index is -0.202. The van der Waals surface area contributed by atoms with Gasteiger partial charge in [-0.1, -0.05) is 26.7 Å². The number of carbonyl (C=O) groups is 3. The van der Waals surface area contributed by atoms with Crippen LogP contribution in [0, 0.1) is 11.8 Å². The first kappa shape index (κ1) is 18.7. The van der Waals surface area contributed by atoms with Gasteiger partial charge in [0, 0.05) is 44.4 Å².